The molecule has 0 fully saturated rings. The van der Waals surface area contributed by atoms with Crippen LogP contribution in [-0.2, 0) is 9.09 Å². The van der Waals surface area contributed by atoms with Crippen molar-refractivity contribution in [1.82, 2.24) is 0 Å². The van der Waals surface area contributed by atoms with Crippen LogP contribution < -0.4 is 0 Å². The quantitative estimate of drug-likeness (QED) is 0.191. The first-order valence-corrected chi connectivity index (χ1v) is 14.8. The molecule has 23 heavy (non-hydrogen) atoms. The molecule has 2 unspecified atom stereocenters. The Morgan fingerprint density at radius 3 is 1.61 bits per heavy atom. The van der Waals surface area contributed by atoms with Crippen molar-refractivity contribution in [3.63, 3.8) is 0 Å². The zero-order valence-electron chi connectivity index (χ0n) is 11.9. The molecule has 12 heteroatoms. The van der Waals surface area contributed by atoms with Crippen molar-refractivity contribution < 1.29 is 18.9 Å². The Balaban J connectivity index is 6.02. The molecule has 0 heterocycles. The van der Waals surface area contributed by atoms with Crippen molar-refractivity contribution in [3.8, 4) is 0 Å². The second-order valence-electron chi connectivity index (χ2n) is 5.17. The molecule has 0 saturated heterocycles. The fourth-order valence-corrected chi connectivity index (χ4v) is 7.97. The van der Waals surface area contributed by atoms with E-state index in [2.05, 4.69) is 95.6 Å². The number of halogens is 7. The van der Waals surface area contributed by atoms with Gasteiger partial charge in [-0.1, -0.05) is 95.6 Å². The molecule has 0 aromatic rings. The second kappa shape index (κ2) is 12.0. The molecule has 0 bridgehead atoms. The molecule has 140 valence electrons. The highest BCUT2D eigenvalue weighted by atomic mass is 79.9. The molecule has 0 aliphatic rings. The van der Waals surface area contributed by atoms with Crippen LogP contribution in [-0.4, -0.2) is 52.2 Å². The highest BCUT2D eigenvalue weighted by molar-refractivity contribution is 9.12. The molecule has 0 aliphatic carbocycles. The van der Waals surface area contributed by atoms with Crippen molar-refractivity contribution in [2.45, 2.75) is 28.1 Å². The summed E-state index contributed by atoms with van der Waals surface area (Å²) in [6.45, 7) is 0. The van der Waals surface area contributed by atoms with E-state index in [0.717, 1.165) is 0 Å². The summed E-state index contributed by atoms with van der Waals surface area (Å²) < 4.78 is 16.9. The minimum atomic E-state index is -4.71. The standard InChI is InChI=1S/C11H18Br6ClO4P/c12-3-8(16)1-10(7-18,2-9(17)4-13)11(5-14,6-15)22-23(19,20)21/h8-9H,1-7H2,(H2,19,20,21). The maximum absolute atomic E-state index is 11.6. The normalized spacial score (nSPS) is 18.5. The van der Waals surface area contributed by atoms with Crippen LogP contribution in [0.4, 0.5) is 0 Å². The minimum absolute atomic E-state index is 0.0779. The highest BCUT2D eigenvalue weighted by Crippen LogP contribution is 2.55. The third-order valence-corrected chi connectivity index (χ3v) is 11.0. The Labute approximate surface area is 192 Å². The summed E-state index contributed by atoms with van der Waals surface area (Å²) in [7, 11) is -4.71. The average Bonchev–Trinajstić information content (AvgIpc) is 2.50. The van der Waals surface area contributed by atoms with Gasteiger partial charge in [-0.05, 0) is 12.8 Å². The Hall–Kier alpha value is 3.28. The van der Waals surface area contributed by atoms with Gasteiger partial charge < -0.3 is 9.79 Å². The molecule has 4 nitrogen and oxygen atoms in total. The fourth-order valence-electron chi connectivity index (χ4n) is 2.34. The monoisotopic (exact) mass is 754 g/mol. The van der Waals surface area contributed by atoms with Gasteiger partial charge in [-0.3, -0.25) is 4.52 Å². The van der Waals surface area contributed by atoms with E-state index in [0.29, 0.717) is 23.5 Å². The first-order valence-electron chi connectivity index (χ1n) is 6.39. The molecule has 0 aromatic heterocycles. The molecule has 0 radical (unpaired) electrons. The average molecular weight is 760 g/mol. The van der Waals surface area contributed by atoms with Gasteiger partial charge in [0.15, 0.2) is 0 Å². The van der Waals surface area contributed by atoms with Crippen LogP contribution >= 0.6 is 115 Å². The number of phosphoric acid groups is 1. The zero-order valence-corrected chi connectivity index (χ0v) is 23.1. The molecule has 0 spiro atoms. The molecular formula is C11H18Br6ClO4P. The predicted octanol–water partition coefficient (Wildman–Crippen LogP) is 5.95. The van der Waals surface area contributed by atoms with E-state index in [9.17, 15) is 14.4 Å². The van der Waals surface area contributed by atoms with Crippen molar-refractivity contribution >= 4 is 115 Å². The first-order chi connectivity index (χ1) is 10.5. The lowest BCUT2D eigenvalue weighted by Gasteiger charge is -2.49. The van der Waals surface area contributed by atoms with Crippen molar-refractivity contribution in [2.24, 2.45) is 5.41 Å². The number of rotatable bonds is 12. The largest absolute Gasteiger partial charge is 0.470 e. The fraction of sp³-hybridized carbons (Fsp3) is 1.00. The van der Waals surface area contributed by atoms with E-state index < -0.39 is 18.8 Å². The lowest BCUT2D eigenvalue weighted by molar-refractivity contribution is -0.0377. The Kier molecular flexibility index (Phi) is 13.7. The summed E-state index contributed by atoms with van der Waals surface area (Å²) in [6.07, 6.45) is 1.15. The van der Waals surface area contributed by atoms with Crippen LogP contribution in [0.15, 0.2) is 0 Å². The molecule has 0 amide bonds. The summed E-state index contributed by atoms with van der Waals surface area (Å²) in [5, 5.41) is 1.83. The van der Waals surface area contributed by atoms with Gasteiger partial charge in [0.05, 0.1) is 0 Å². The number of hydrogen-bond acceptors (Lipinski definition) is 2. The molecule has 2 atom stereocenters. The van der Waals surface area contributed by atoms with Crippen LogP contribution in [0.2, 0.25) is 0 Å². The topological polar surface area (TPSA) is 66.8 Å². The number of alkyl halides is 7. The maximum atomic E-state index is 11.6. The van der Waals surface area contributed by atoms with Crippen LogP contribution in [0, 0.1) is 5.41 Å². The molecule has 0 aliphatic heterocycles. The van der Waals surface area contributed by atoms with E-state index in [4.69, 9.17) is 16.1 Å². The number of hydrogen-bond donors (Lipinski definition) is 2. The van der Waals surface area contributed by atoms with E-state index >= 15 is 0 Å². The Morgan fingerprint density at radius 1 is 1.00 bits per heavy atom. The third-order valence-electron chi connectivity index (χ3n) is 3.51. The van der Waals surface area contributed by atoms with Crippen molar-refractivity contribution in [2.75, 3.05) is 27.2 Å². The summed E-state index contributed by atoms with van der Waals surface area (Å²) >= 11 is 27.1. The van der Waals surface area contributed by atoms with Gasteiger partial charge in [0.2, 0.25) is 0 Å². The summed E-state index contributed by atoms with van der Waals surface area (Å²) in [5.74, 6) is 0.189. The van der Waals surface area contributed by atoms with Gasteiger partial charge in [0.25, 0.3) is 0 Å². The van der Waals surface area contributed by atoms with Gasteiger partial charge in [0.1, 0.15) is 5.60 Å². The maximum Gasteiger partial charge on any atom is 0.470 e. The molecule has 2 N–H and O–H groups in total. The van der Waals surface area contributed by atoms with Crippen LogP contribution in [0.5, 0.6) is 0 Å². The molecule has 0 rings (SSSR count). The minimum Gasteiger partial charge on any atom is -0.303 e. The van der Waals surface area contributed by atoms with E-state index in [1.807, 2.05) is 0 Å². The van der Waals surface area contributed by atoms with E-state index in [1.165, 1.54) is 0 Å². The first kappa shape index (κ1) is 26.3. The highest BCUT2D eigenvalue weighted by Gasteiger charge is 2.54. The predicted molar refractivity (Wildman–Crippen MR) is 119 cm³/mol. The summed E-state index contributed by atoms with van der Waals surface area (Å²) in [5.41, 5.74) is -1.86. The van der Waals surface area contributed by atoms with Crippen molar-refractivity contribution in [3.05, 3.63) is 0 Å². The van der Waals surface area contributed by atoms with E-state index in [-0.39, 0.29) is 26.2 Å². The van der Waals surface area contributed by atoms with Crippen LogP contribution in [0.1, 0.15) is 12.8 Å². The number of phosphoric ester groups is 1. The van der Waals surface area contributed by atoms with E-state index in [1.54, 1.807) is 0 Å². The van der Waals surface area contributed by atoms with Gasteiger partial charge in [-0.15, -0.1) is 11.6 Å². The Morgan fingerprint density at radius 2 is 1.39 bits per heavy atom. The van der Waals surface area contributed by atoms with Gasteiger partial charge in [0, 0.05) is 42.3 Å². The van der Waals surface area contributed by atoms with Gasteiger partial charge in [-0.2, -0.15) is 0 Å². The Bertz CT molecular complexity index is 383. The molecule has 0 aromatic carbocycles. The lowest BCUT2D eigenvalue weighted by atomic mass is 9.69. The van der Waals surface area contributed by atoms with Crippen LogP contribution in [0.3, 0.4) is 0 Å². The van der Waals surface area contributed by atoms with Gasteiger partial charge >= 0.3 is 7.82 Å². The SMILES string of the molecule is O=P(O)(O)OC(CBr)(CBr)C(CCl)(CC(Br)CBr)CC(Br)CBr. The van der Waals surface area contributed by atoms with Crippen molar-refractivity contribution in [1.29, 1.82) is 0 Å². The van der Waals surface area contributed by atoms with Gasteiger partial charge in [-0.25, -0.2) is 4.57 Å². The third kappa shape index (κ3) is 8.04. The zero-order chi connectivity index (χ0) is 18.3. The lowest BCUT2D eigenvalue weighted by Crippen LogP contribution is -2.56. The molecule has 0 saturated carbocycles. The summed E-state index contributed by atoms with van der Waals surface area (Å²) in [4.78, 5) is 19.0. The van der Waals surface area contributed by atoms with Crippen LogP contribution in [0.25, 0.3) is 0 Å². The second-order valence-corrected chi connectivity index (χ2v) is 11.6. The summed E-state index contributed by atoms with van der Waals surface area (Å²) in [6, 6.07) is 0. The molecular weight excluding hydrogens is 742 g/mol. The smallest absolute Gasteiger partial charge is 0.303 e.